The maximum atomic E-state index is 10.7. The van der Waals surface area contributed by atoms with E-state index in [1.807, 2.05) is 0 Å². The molecule has 3 unspecified atom stereocenters. The molecule has 0 amide bonds. The number of aromatic carboxylic acids is 1. The summed E-state index contributed by atoms with van der Waals surface area (Å²) in [5, 5.41) is 15.5. The highest BCUT2D eigenvalue weighted by atomic mass is 16.4. The molecule has 4 heteroatoms. The minimum Gasteiger partial charge on any atom is -0.476 e. The van der Waals surface area contributed by atoms with Crippen molar-refractivity contribution in [2.24, 2.45) is 11.8 Å². The number of aromatic nitrogens is 2. The van der Waals surface area contributed by atoms with Gasteiger partial charge in [0.2, 0.25) is 0 Å². The van der Waals surface area contributed by atoms with Crippen molar-refractivity contribution in [2.45, 2.75) is 31.6 Å². The molecule has 15 heavy (non-hydrogen) atoms. The van der Waals surface area contributed by atoms with E-state index in [2.05, 4.69) is 10.2 Å². The number of hydrogen-bond donors (Lipinski definition) is 2. The number of H-pyrrole nitrogens is 1. The van der Waals surface area contributed by atoms with Crippen molar-refractivity contribution in [3.8, 4) is 0 Å². The van der Waals surface area contributed by atoms with E-state index in [9.17, 15) is 4.79 Å². The lowest BCUT2D eigenvalue weighted by atomic mass is 9.86. The molecule has 80 valence electrons. The Kier molecular flexibility index (Phi) is 1.84. The summed E-state index contributed by atoms with van der Waals surface area (Å²) >= 11 is 0. The van der Waals surface area contributed by atoms with E-state index >= 15 is 0 Å². The van der Waals surface area contributed by atoms with Crippen LogP contribution < -0.4 is 0 Å². The standard InChI is InChI=1S/C11H14N2O2/c14-11(15)10-5-9(12-13-10)8-4-6-1-2-7(8)3-6/h5-8H,1-4H2,(H,12,13)(H,14,15). The van der Waals surface area contributed by atoms with Crippen LogP contribution in [0, 0.1) is 11.8 Å². The van der Waals surface area contributed by atoms with Gasteiger partial charge in [-0.1, -0.05) is 6.42 Å². The Morgan fingerprint density at radius 1 is 1.47 bits per heavy atom. The molecule has 1 aromatic rings. The lowest BCUT2D eigenvalue weighted by molar-refractivity contribution is 0.0690. The number of nitrogens with one attached hydrogen (secondary N) is 1. The van der Waals surface area contributed by atoms with E-state index in [0.717, 1.165) is 17.5 Å². The van der Waals surface area contributed by atoms with E-state index in [1.165, 1.54) is 25.7 Å². The van der Waals surface area contributed by atoms with Gasteiger partial charge in [-0.2, -0.15) is 5.10 Å². The number of fused-ring (bicyclic) bond motifs is 2. The van der Waals surface area contributed by atoms with Crippen molar-refractivity contribution in [3.05, 3.63) is 17.5 Å². The maximum Gasteiger partial charge on any atom is 0.356 e. The van der Waals surface area contributed by atoms with Gasteiger partial charge in [-0.05, 0) is 37.2 Å². The molecule has 1 heterocycles. The van der Waals surface area contributed by atoms with Gasteiger partial charge < -0.3 is 5.11 Å². The van der Waals surface area contributed by atoms with Gasteiger partial charge in [0.15, 0.2) is 5.69 Å². The fourth-order valence-electron chi connectivity index (χ4n) is 3.26. The largest absolute Gasteiger partial charge is 0.476 e. The third-order valence-electron chi connectivity index (χ3n) is 3.95. The Hall–Kier alpha value is -1.32. The molecule has 2 aliphatic carbocycles. The molecule has 2 saturated carbocycles. The van der Waals surface area contributed by atoms with Crippen LogP contribution in [0.2, 0.25) is 0 Å². The van der Waals surface area contributed by atoms with Gasteiger partial charge >= 0.3 is 5.97 Å². The van der Waals surface area contributed by atoms with Crippen LogP contribution >= 0.6 is 0 Å². The first-order valence-electron chi connectivity index (χ1n) is 5.52. The number of carboxylic acid groups (broad SMARTS) is 1. The van der Waals surface area contributed by atoms with E-state index in [4.69, 9.17) is 5.11 Å². The van der Waals surface area contributed by atoms with Crippen LogP contribution in [0.3, 0.4) is 0 Å². The minimum atomic E-state index is -0.944. The summed E-state index contributed by atoms with van der Waals surface area (Å²) in [6, 6.07) is 1.70. The van der Waals surface area contributed by atoms with Gasteiger partial charge in [0.05, 0.1) is 0 Å². The van der Waals surface area contributed by atoms with Gasteiger partial charge in [-0.25, -0.2) is 4.79 Å². The molecule has 0 saturated heterocycles. The van der Waals surface area contributed by atoms with E-state index in [1.54, 1.807) is 6.07 Å². The molecule has 2 bridgehead atoms. The number of rotatable bonds is 2. The smallest absolute Gasteiger partial charge is 0.356 e. The molecule has 0 radical (unpaired) electrons. The number of aromatic amines is 1. The third kappa shape index (κ3) is 1.35. The zero-order valence-corrected chi connectivity index (χ0v) is 8.44. The third-order valence-corrected chi connectivity index (χ3v) is 3.95. The van der Waals surface area contributed by atoms with Crippen molar-refractivity contribution in [1.82, 2.24) is 10.2 Å². The molecule has 0 aliphatic heterocycles. The SMILES string of the molecule is O=C(O)c1cc(C2CC3CCC2C3)[nH]n1. The molecular weight excluding hydrogens is 192 g/mol. The topological polar surface area (TPSA) is 66.0 Å². The maximum absolute atomic E-state index is 10.7. The van der Waals surface area contributed by atoms with Crippen molar-refractivity contribution in [1.29, 1.82) is 0 Å². The monoisotopic (exact) mass is 206 g/mol. The summed E-state index contributed by atoms with van der Waals surface area (Å²) in [4.78, 5) is 10.7. The summed E-state index contributed by atoms with van der Waals surface area (Å²) in [5.74, 6) is 1.22. The van der Waals surface area contributed by atoms with Gasteiger partial charge in [-0.15, -0.1) is 0 Å². The summed E-state index contributed by atoms with van der Waals surface area (Å²) in [5.41, 5.74) is 1.17. The van der Waals surface area contributed by atoms with E-state index in [-0.39, 0.29) is 5.69 Å². The molecular formula is C11H14N2O2. The highest BCUT2D eigenvalue weighted by molar-refractivity contribution is 5.85. The molecule has 0 spiro atoms. The highest BCUT2D eigenvalue weighted by Gasteiger charge is 2.41. The fraction of sp³-hybridized carbons (Fsp3) is 0.636. The number of hydrogen-bond acceptors (Lipinski definition) is 2. The molecule has 3 atom stereocenters. The van der Waals surface area contributed by atoms with Crippen LogP contribution in [-0.4, -0.2) is 21.3 Å². The predicted octanol–water partition coefficient (Wildman–Crippen LogP) is 2.01. The molecule has 0 aromatic carbocycles. The van der Waals surface area contributed by atoms with Gasteiger partial charge in [0.25, 0.3) is 0 Å². The zero-order chi connectivity index (χ0) is 10.4. The molecule has 4 nitrogen and oxygen atoms in total. The number of nitrogens with zero attached hydrogens (tertiary/aromatic N) is 1. The first-order valence-corrected chi connectivity index (χ1v) is 5.52. The second-order valence-electron chi connectivity index (χ2n) is 4.80. The van der Waals surface area contributed by atoms with Crippen LogP contribution in [0.4, 0.5) is 0 Å². The van der Waals surface area contributed by atoms with E-state index < -0.39 is 5.97 Å². The molecule has 2 aliphatic rings. The minimum absolute atomic E-state index is 0.146. The Labute approximate surface area is 87.7 Å². The lowest BCUT2D eigenvalue weighted by Gasteiger charge is -2.19. The Balaban J connectivity index is 1.84. The van der Waals surface area contributed by atoms with Crippen molar-refractivity contribution < 1.29 is 9.90 Å². The molecule has 3 rings (SSSR count). The summed E-state index contributed by atoms with van der Waals surface area (Å²) in [6.07, 6.45) is 5.20. The molecule has 1 aromatic heterocycles. The average Bonchev–Trinajstić information content (AvgIpc) is 2.93. The van der Waals surface area contributed by atoms with Crippen LogP contribution in [0.5, 0.6) is 0 Å². The van der Waals surface area contributed by atoms with Crippen LogP contribution in [-0.2, 0) is 0 Å². The average molecular weight is 206 g/mol. The predicted molar refractivity (Wildman–Crippen MR) is 53.7 cm³/mol. The van der Waals surface area contributed by atoms with Crippen LogP contribution in [0.25, 0.3) is 0 Å². The Morgan fingerprint density at radius 2 is 2.33 bits per heavy atom. The summed E-state index contributed by atoms with van der Waals surface area (Å²) in [7, 11) is 0. The van der Waals surface area contributed by atoms with Gasteiger partial charge in [0.1, 0.15) is 0 Å². The summed E-state index contributed by atoms with van der Waals surface area (Å²) < 4.78 is 0. The normalized spacial score (nSPS) is 33.5. The first-order chi connectivity index (χ1) is 7.24. The number of carboxylic acids is 1. The highest BCUT2D eigenvalue weighted by Crippen LogP contribution is 2.52. The molecule has 2 fully saturated rings. The van der Waals surface area contributed by atoms with Gasteiger partial charge in [-0.3, -0.25) is 5.10 Å². The van der Waals surface area contributed by atoms with Crippen molar-refractivity contribution in [3.63, 3.8) is 0 Å². The first kappa shape index (κ1) is 8.95. The zero-order valence-electron chi connectivity index (χ0n) is 8.44. The summed E-state index contributed by atoms with van der Waals surface area (Å²) in [6.45, 7) is 0. The van der Waals surface area contributed by atoms with Crippen molar-refractivity contribution >= 4 is 5.97 Å². The van der Waals surface area contributed by atoms with Crippen LogP contribution in [0.1, 0.15) is 47.8 Å². The van der Waals surface area contributed by atoms with Crippen molar-refractivity contribution in [2.75, 3.05) is 0 Å². The second kappa shape index (κ2) is 3.08. The Morgan fingerprint density at radius 3 is 2.87 bits per heavy atom. The Bertz CT molecular complexity index is 399. The fourth-order valence-corrected chi connectivity index (χ4v) is 3.26. The van der Waals surface area contributed by atoms with Crippen LogP contribution in [0.15, 0.2) is 6.07 Å². The number of carbonyl (C=O) groups is 1. The molecule has 2 N–H and O–H groups in total. The quantitative estimate of drug-likeness (QED) is 0.777. The van der Waals surface area contributed by atoms with Gasteiger partial charge in [0, 0.05) is 11.6 Å². The van der Waals surface area contributed by atoms with E-state index in [0.29, 0.717) is 5.92 Å². The lowest BCUT2D eigenvalue weighted by Crippen LogP contribution is -2.08. The second-order valence-corrected chi connectivity index (χ2v) is 4.80.